The maximum absolute atomic E-state index is 11.5. The van der Waals surface area contributed by atoms with Gasteiger partial charge in [0, 0.05) is 13.1 Å². The molecule has 0 aliphatic carbocycles. The summed E-state index contributed by atoms with van der Waals surface area (Å²) in [6.45, 7) is 2.08. The van der Waals surface area contributed by atoms with E-state index in [4.69, 9.17) is 0 Å². The maximum atomic E-state index is 11.5. The van der Waals surface area contributed by atoms with E-state index in [1.165, 1.54) is 36.9 Å². The Morgan fingerprint density at radius 3 is 2.88 bits per heavy atom. The fraction of sp³-hybridized carbons (Fsp3) is 0.500. The molecule has 0 amide bonds. The molecule has 16 heavy (non-hydrogen) atoms. The molecule has 0 atom stereocenters. The van der Waals surface area contributed by atoms with Crippen molar-refractivity contribution in [1.29, 1.82) is 0 Å². The van der Waals surface area contributed by atoms with Gasteiger partial charge in [0.15, 0.2) is 10.8 Å². The summed E-state index contributed by atoms with van der Waals surface area (Å²) in [7, 11) is 0. The van der Waals surface area contributed by atoms with Gasteiger partial charge in [-0.05, 0) is 19.3 Å². The quantitative estimate of drug-likeness (QED) is 0.812. The van der Waals surface area contributed by atoms with Gasteiger partial charge in [-0.3, -0.25) is 4.79 Å². The molecule has 1 aliphatic heterocycles. The Morgan fingerprint density at radius 1 is 1.31 bits per heavy atom. The molecule has 1 aliphatic rings. The van der Waals surface area contributed by atoms with E-state index in [1.54, 1.807) is 0 Å². The van der Waals surface area contributed by atoms with E-state index < -0.39 is 0 Å². The lowest BCUT2D eigenvalue weighted by Crippen LogP contribution is -2.29. The van der Waals surface area contributed by atoms with Crippen molar-refractivity contribution in [3.8, 4) is 0 Å². The number of piperidine rings is 1. The van der Waals surface area contributed by atoms with Crippen LogP contribution in [0.5, 0.6) is 0 Å². The zero-order valence-corrected chi connectivity index (χ0v) is 9.59. The van der Waals surface area contributed by atoms with Crippen molar-refractivity contribution in [2.75, 3.05) is 18.0 Å². The predicted molar refractivity (Wildman–Crippen MR) is 64.1 cm³/mol. The van der Waals surface area contributed by atoms with Crippen LogP contribution in [0.3, 0.4) is 0 Å². The minimum absolute atomic E-state index is 0.0919. The number of fused-ring (bicyclic) bond motifs is 1. The number of hydrogen-bond acceptors (Lipinski definition) is 5. The molecule has 2 aromatic rings. The van der Waals surface area contributed by atoms with Gasteiger partial charge in [0.2, 0.25) is 0 Å². The third kappa shape index (κ3) is 1.59. The average molecular weight is 236 g/mol. The number of H-pyrrole nitrogens is 1. The van der Waals surface area contributed by atoms with Crippen LogP contribution in [0.4, 0.5) is 5.13 Å². The lowest BCUT2D eigenvalue weighted by molar-refractivity contribution is 0.577. The molecule has 6 heteroatoms. The van der Waals surface area contributed by atoms with Gasteiger partial charge in [-0.1, -0.05) is 11.3 Å². The fourth-order valence-electron chi connectivity index (χ4n) is 1.97. The molecule has 84 valence electrons. The summed E-state index contributed by atoms with van der Waals surface area (Å²) in [5, 5.41) is 0.930. The topological polar surface area (TPSA) is 61.9 Å². The van der Waals surface area contributed by atoms with Crippen LogP contribution in [-0.4, -0.2) is 28.0 Å². The van der Waals surface area contributed by atoms with E-state index >= 15 is 0 Å². The van der Waals surface area contributed by atoms with Gasteiger partial charge in [0.25, 0.3) is 5.56 Å². The Kier molecular flexibility index (Phi) is 2.36. The van der Waals surface area contributed by atoms with E-state index in [9.17, 15) is 4.79 Å². The largest absolute Gasteiger partial charge is 0.348 e. The number of nitrogens with zero attached hydrogens (tertiary/aromatic N) is 3. The Bertz CT molecular complexity index is 555. The van der Waals surface area contributed by atoms with Crippen molar-refractivity contribution in [3.05, 3.63) is 16.7 Å². The van der Waals surface area contributed by atoms with Crippen LogP contribution in [0.1, 0.15) is 19.3 Å². The van der Waals surface area contributed by atoms with Gasteiger partial charge in [-0.2, -0.15) is 4.98 Å². The van der Waals surface area contributed by atoms with Crippen LogP contribution < -0.4 is 10.5 Å². The standard InChI is InChI=1S/C10H12N4OS/c15-9-7-8(11-6-12-9)13-10(16-7)14-4-2-1-3-5-14/h6H,1-5H2,(H,11,12,15). The van der Waals surface area contributed by atoms with Crippen molar-refractivity contribution < 1.29 is 0 Å². The number of anilines is 1. The lowest BCUT2D eigenvalue weighted by atomic mass is 10.1. The Hall–Kier alpha value is -1.43. The number of nitrogens with one attached hydrogen (secondary N) is 1. The van der Waals surface area contributed by atoms with E-state index in [0.717, 1.165) is 18.2 Å². The SMILES string of the molecule is O=c1[nH]cnc2nc(N3CCCCC3)sc12. The first-order valence-electron chi connectivity index (χ1n) is 5.44. The minimum atomic E-state index is -0.0919. The second-order valence-electron chi connectivity index (χ2n) is 3.93. The van der Waals surface area contributed by atoms with Gasteiger partial charge in [-0.15, -0.1) is 0 Å². The third-order valence-electron chi connectivity index (χ3n) is 2.81. The molecule has 1 saturated heterocycles. The highest BCUT2D eigenvalue weighted by atomic mass is 32.1. The van der Waals surface area contributed by atoms with Crippen LogP contribution in [-0.2, 0) is 0 Å². The number of aromatic amines is 1. The molecule has 0 aromatic carbocycles. The molecule has 1 fully saturated rings. The third-order valence-corrected chi connectivity index (χ3v) is 3.92. The van der Waals surface area contributed by atoms with Crippen molar-refractivity contribution in [2.24, 2.45) is 0 Å². The number of hydrogen-bond donors (Lipinski definition) is 1. The van der Waals surface area contributed by atoms with Gasteiger partial charge in [0.1, 0.15) is 4.70 Å². The smallest absolute Gasteiger partial charge is 0.270 e. The van der Waals surface area contributed by atoms with E-state index in [-0.39, 0.29) is 5.56 Å². The van der Waals surface area contributed by atoms with Crippen molar-refractivity contribution >= 4 is 26.8 Å². The highest BCUT2D eigenvalue weighted by molar-refractivity contribution is 7.22. The van der Waals surface area contributed by atoms with E-state index in [1.807, 2.05) is 0 Å². The molecule has 2 aromatic heterocycles. The maximum Gasteiger partial charge on any atom is 0.270 e. The number of rotatable bonds is 1. The molecule has 0 unspecified atom stereocenters. The predicted octanol–water partition coefficient (Wildman–Crippen LogP) is 1.37. The van der Waals surface area contributed by atoms with Gasteiger partial charge in [-0.25, -0.2) is 4.98 Å². The van der Waals surface area contributed by atoms with Crippen LogP contribution in [0.15, 0.2) is 11.1 Å². The normalized spacial score (nSPS) is 16.9. The first-order chi connectivity index (χ1) is 7.84. The molecule has 0 bridgehead atoms. The second kappa shape index (κ2) is 3.86. The zero-order chi connectivity index (χ0) is 11.0. The molecular formula is C10H12N4OS. The number of thiazole rings is 1. The fourth-order valence-corrected chi connectivity index (χ4v) is 2.94. The van der Waals surface area contributed by atoms with Gasteiger partial charge in [0.05, 0.1) is 6.33 Å². The molecule has 3 heterocycles. The second-order valence-corrected chi connectivity index (χ2v) is 4.91. The van der Waals surface area contributed by atoms with Crippen LogP contribution in [0.25, 0.3) is 10.3 Å². The summed E-state index contributed by atoms with van der Waals surface area (Å²) in [6.07, 6.45) is 5.12. The Labute approximate surface area is 96.2 Å². The number of aromatic nitrogens is 3. The summed E-state index contributed by atoms with van der Waals surface area (Å²) < 4.78 is 0.628. The van der Waals surface area contributed by atoms with Crippen LogP contribution in [0, 0.1) is 0 Å². The average Bonchev–Trinajstić information content (AvgIpc) is 2.76. The Balaban J connectivity index is 2.04. The molecule has 3 rings (SSSR count). The van der Waals surface area contributed by atoms with Crippen molar-refractivity contribution in [1.82, 2.24) is 15.0 Å². The van der Waals surface area contributed by atoms with Crippen molar-refractivity contribution in [2.45, 2.75) is 19.3 Å². The van der Waals surface area contributed by atoms with E-state index in [0.29, 0.717) is 10.3 Å². The first-order valence-corrected chi connectivity index (χ1v) is 6.25. The molecule has 5 nitrogen and oxygen atoms in total. The molecule has 0 saturated carbocycles. The molecule has 0 spiro atoms. The monoisotopic (exact) mass is 236 g/mol. The molecular weight excluding hydrogens is 224 g/mol. The highest BCUT2D eigenvalue weighted by Crippen LogP contribution is 2.27. The van der Waals surface area contributed by atoms with Gasteiger partial charge >= 0.3 is 0 Å². The summed E-state index contributed by atoms with van der Waals surface area (Å²) in [5.41, 5.74) is 0.472. The van der Waals surface area contributed by atoms with Gasteiger partial charge < -0.3 is 9.88 Å². The summed E-state index contributed by atoms with van der Waals surface area (Å²) in [4.78, 5) is 24.8. The minimum Gasteiger partial charge on any atom is -0.348 e. The first kappa shape index (κ1) is 9.77. The summed E-state index contributed by atoms with van der Waals surface area (Å²) in [6, 6.07) is 0. The lowest BCUT2D eigenvalue weighted by Gasteiger charge is -2.25. The van der Waals surface area contributed by atoms with E-state index in [2.05, 4.69) is 19.9 Å². The Morgan fingerprint density at radius 2 is 2.12 bits per heavy atom. The van der Waals surface area contributed by atoms with Crippen molar-refractivity contribution in [3.63, 3.8) is 0 Å². The molecule has 0 radical (unpaired) electrons. The van der Waals surface area contributed by atoms with Crippen LogP contribution in [0.2, 0.25) is 0 Å². The molecule has 1 N–H and O–H groups in total. The van der Waals surface area contributed by atoms with Crippen LogP contribution >= 0.6 is 11.3 Å². The highest BCUT2D eigenvalue weighted by Gasteiger charge is 2.16. The zero-order valence-electron chi connectivity index (χ0n) is 8.77. The summed E-state index contributed by atoms with van der Waals surface area (Å²) in [5.74, 6) is 0. The summed E-state index contributed by atoms with van der Waals surface area (Å²) >= 11 is 1.44.